The highest BCUT2D eigenvalue weighted by Crippen LogP contribution is 2.37. The number of nitrogens with one attached hydrogen (secondary N) is 3. The number of aliphatic hydroxyl groups excluding tert-OH is 1. The summed E-state index contributed by atoms with van der Waals surface area (Å²) in [5.41, 5.74) is 6.14. The lowest BCUT2D eigenvalue weighted by molar-refractivity contribution is -0.144. The van der Waals surface area contributed by atoms with Gasteiger partial charge in [-0.2, -0.15) is 0 Å². The number of hydrogen-bond donors (Lipinski definition) is 5. The van der Waals surface area contributed by atoms with E-state index in [9.17, 15) is 23.1 Å². The number of likely N-dealkylation sites (tertiary alicyclic amines) is 1. The average Bonchev–Trinajstić information content (AvgIpc) is 3.22. The lowest BCUT2D eigenvalue weighted by Gasteiger charge is -2.40. The Morgan fingerprint density at radius 3 is 2.68 bits per heavy atom. The molecule has 5 atom stereocenters. The first-order valence-corrected chi connectivity index (χ1v) is 13.9. The highest BCUT2D eigenvalue weighted by molar-refractivity contribution is 8.00. The zero-order valence-electron chi connectivity index (χ0n) is 18.6. The van der Waals surface area contributed by atoms with Crippen molar-refractivity contribution < 1.29 is 23.1 Å². The summed E-state index contributed by atoms with van der Waals surface area (Å²) in [5.74, 6) is -0.908. The molecular weight excluding hydrogens is 480 g/mol. The number of aliphatic hydroxyl groups is 1. The molecule has 6 N–H and O–H groups in total. The molecular formula is C21H30N6O5S2. The summed E-state index contributed by atoms with van der Waals surface area (Å²) in [4.78, 5) is 29.2. The summed E-state index contributed by atoms with van der Waals surface area (Å²) in [6.07, 6.45) is 0.996. The summed E-state index contributed by atoms with van der Waals surface area (Å²) in [5, 5.41) is 20.7. The number of fused-ring (bicyclic) bond motifs is 1. The quantitative estimate of drug-likeness (QED) is 0.248. The van der Waals surface area contributed by atoms with Gasteiger partial charge in [0.1, 0.15) is 18.3 Å². The van der Waals surface area contributed by atoms with E-state index in [-0.39, 0.29) is 17.1 Å². The lowest BCUT2D eigenvalue weighted by atomic mass is 10.0. The molecule has 0 saturated carbocycles. The molecule has 0 radical (unpaired) electrons. The van der Waals surface area contributed by atoms with E-state index in [4.69, 9.17) is 11.1 Å². The first kappa shape index (κ1) is 24.8. The van der Waals surface area contributed by atoms with E-state index in [0.717, 1.165) is 0 Å². The van der Waals surface area contributed by atoms with Crippen LogP contribution in [0.4, 0.5) is 0 Å². The van der Waals surface area contributed by atoms with Gasteiger partial charge in [0.05, 0.1) is 17.2 Å². The van der Waals surface area contributed by atoms with Gasteiger partial charge in [-0.1, -0.05) is 30.3 Å². The molecule has 0 aliphatic carbocycles. The standard InChI is InChI=1S/C21H30N6O5S2/c22-21(23)26-10-4-7-14(19(26)29)24-18(28)16-11-33-17-9-8-15(20(30)27(16)17)25-34(31,32)12-13-5-2-1-3-6-13/h1-3,5-6,14-17,19,25,29H,4,7-12H2,(H3,22,23)(H,24,28)/t14-,15-,16-,17-,19?/m0/s1. The van der Waals surface area contributed by atoms with E-state index >= 15 is 0 Å². The Balaban J connectivity index is 1.41. The van der Waals surface area contributed by atoms with Gasteiger partial charge in [0.25, 0.3) is 0 Å². The number of piperidine rings is 2. The van der Waals surface area contributed by atoms with E-state index in [0.29, 0.717) is 43.5 Å². The molecule has 186 valence electrons. The van der Waals surface area contributed by atoms with Crippen LogP contribution < -0.4 is 15.8 Å². The van der Waals surface area contributed by atoms with Gasteiger partial charge >= 0.3 is 0 Å². The molecule has 0 bridgehead atoms. The number of carbonyl (C=O) groups excluding carboxylic acids is 2. The third-order valence-electron chi connectivity index (χ3n) is 6.40. The minimum atomic E-state index is -3.75. The van der Waals surface area contributed by atoms with E-state index in [1.165, 1.54) is 21.6 Å². The SMILES string of the molecule is N=C(N)N1CCC[C@H](NC(=O)[C@@H]2CS[C@H]3CC[C@H](NS(=O)(=O)Cc4ccccc4)C(=O)N32)C1O. The predicted octanol–water partition coefficient (Wildman–Crippen LogP) is -0.669. The summed E-state index contributed by atoms with van der Waals surface area (Å²) in [6.45, 7) is 0.430. The van der Waals surface area contributed by atoms with Crippen molar-refractivity contribution >= 4 is 39.6 Å². The van der Waals surface area contributed by atoms with Crippen LogP contribution in [0.3, 0.4) is 0 Å². The second-order valence-electron chi connectivity index (χ2n) is 8.79. The van der Waals surface area contributed by atoms with Crippen molar-refractivity contribution in [3.05, 3.63) is 35.9 Å². The minimum absolute atomic E-state index is 0.192. The maximum absolute atomic E-state index is 13.3. The number of amides is 2. The van der Waals surface area contributed by atoms with Crippen LogP contribution in [-0.2, 0) is 25.4 Å². The van der Waals surface area contributed by atoms with Crippen LogP contribution >= 0.6 is 11.8 Å². The molecule has 2 amide bonds. The van der Waals surface area contributed by atoms with Crippen LogP contribution in [0.5, 0.6) is 0 Å². The van der Waals surface area contributed by atoms with E-state index in [2.05, 4.69) is 10.0 Å². The van der Waals surface area contributed by atoms with Gasteiger partial charge in [-0.15, -0.1) is 11.8 Å². The molecule has 0 spiro atoms. The molecule has 3 aliphatic heterocycles. The third-order valence-corrected chi connectivity index (χ3v) is 9.11. The highest BCUT2D eigenvalue weighted by atomic mass is 32.2. The minimum Gasteiger partial charge on any atom is -0.371 e. The van der Waals surface area contributed by atoms with Crippen LogP contribution in [0.1, 0.15) is 31.2 Å². The van der Waals surface area contributed by atoms with Crippen LogP contribution in [0.15, 0.2) is 30.3 Å². The van der Waals surface area contributed by atoms with Crippen LogP contribution in [0.25, 0.3) is 0 Å². The topological polar surface area (TPSA) is 169 Å². The molecule has 3 saturated heterocycles. The number of thioether (sulfide) groups is 1. The fourth-order valence-electron chi connectivity index (χ4n) is 4.73. The first-order chi connectivity index (χ1) is 16.2. The molecule has 3 heterocycles. The molecule has 0 aromatic heterocycles. The normalized spacial score (nSPS) is 29.6. The number of guanidine groups is 1. The van der Waals surface area contributed by atoms with Crippen LogP contribution in [0, 0.1) is 5.41 Å². The third kappa shape index (κ3) is 5.32. The lowest BCUT2D eigenvalue weighted by Crippen LogP contribution is -2.62. The first-order valence-electron chi connectivity index (χ1n) is 11.2. The molecule has 1 unspecified atom stereocenters. The van der Waals surface area contributed by atoms with Crippen LogP contribution in [-0.4, -0.2) is 83.1 Å². The smallest absolute Gasteiger partial charge is 0.244 e. The average molecular weight is 511 g/mol. The Labute approximate surface area is 203 Å². The van der Waals surface area contributed by atoms with Gasteiger partial charge in [-0.05, 0) is 31.2 Å². The summed E-state index contributed by atoms with van der Waals surface area (Å²) < 4.78 is 27.9. The monoisotopic (exact) mass is 510 g/mol. The van der Waals surface area contributed by atoms with Gasteiger partial charge in [0, 0.05) is 12.3 Å². The Hall–Kier alpha value is -2.35. The Morgan fingerprint density at radius 2 is 1.97 bits per heavy atom. The van der Waals surface area contributed by atoms with E-state index in [1.807, 2.05) is 0 Å². The largest absolute Gasteiger partial charge is 0.371 e. The molecule has 4 rings (SSSR count). The fraction of sp³-hybridized carbons (Fsp3) is 0.571. The van der Waals surface area contributed by atoms with E-state index < -0.39 is 46.2 Å². The number of hydrogen-bond acceptors (Lipinski definition) is 7. The summed E-state index contributed by atoms with van der Waals surface area (Å²) in [6, 6.07) is 6.43. The number of rotatable bonds is 6. The zero-order valence-corrected chi connectivity index (χ0v) is 20.2. The molecule has 1 aromatic rings. The number of benzene rings is 1. The van der Waals surface area contributed by atoms with Crippen molar-refractivity contribution in [2.24, 2.45) is 5.73 Å². The number of nitrogens with zero attached hydrogens (tertiary/aromatic N) is 2. The number of sulfonamides is 1. The van der Waals surface area contributed by atoms with Gasteiger partial charge < -0.3 is 26.0 Å². The van der Waals surface area contributed by atoms with Gasteiger partial charge in [-0.3, -0.25) is 15.0 Å². The Kier molecular flexibility index (Phi) is 7.36. The van der Waals surface area contributed by atoms with Gasteiger partial charge in [0.2, 0.25) is 21.8 Å². The van der Waals surface area contributed by atoms with Gasteiger partial charge in [-0.25, -0.2) is 13.1 Å². The predicted molar refractivity (Wildman–Crippen MR) is 128 cm³/mol. The highest BCUT2D eigenvalue weighted by Gasteiger charge is 2.48. The van der Waals surface area contributed by atoms with Crippen molar-refractivity contribution in [3.8, 4) is 0 Å². The van der Waals surface area contributed by atoms with Crippen molar-refractivity contribution in [1.29, 1.82) is 5.41 Å². The number of carbonyl (C=O) groups is 2. The number of nitrogens with two attached hydrogens (primary N) is 1. The Bertz CT molecular complexity index is 1040. The maximum atomic E-state index is 13.3. The summed E-state index contributed by atoms with van der Waals surface area (Å²) >= 11 is 1.50. The second kappa shape index (κ2) is 10.1. The zero-order chi connectivity index (χ0) is 24.5. The molecule has 11 nitrogen and oxygen atoms in total. The maximum Gasteiger partial charge on any atom is 0.244 e. The summed E-state index contributed by atoms with van der Waals surface area (Å²) in [7, 11) is -3.75. The fourth-order valence-corrected chi connectivity index (χ4v) is 7.52. The van der Waals surface area contributed by atoms with Crippen molar-refractivity contribution in [1.82, 2.24) is 19.8 Å². The van der Waals surface area contributed by atoms with Crippen LogP contribution in [0.2, 0.25) is 0 Å². The molecule has 13 heteroatoms. The Morgan fingerprint density at radius 1 is 1.24 bits per heavy atom. The van der Waals surface area contributed by atoms with Crippen molar-refractivity contribution in [2.45, 2.75) is 61.2 Å². The molecule has 34 heavy (non-hydrogen) atoms. The van der Waals surface area contributed by atoms with Crippen molar-refractivity contribution in [2.75, 3.05) is 12.3 Å². The molecule has 1 aromatic carbocycles. The van der Waals surface area contributed by atoms with Gasteiger partial charge in [0.15, 0.2) is 5.96 Å². The molecule has 3 aliphatic rings. The molecule has 3 fully saturated rings. The van der Waals surface area contributed by atoms with E-state index in [1.54, 1.807) is 30.3 Å². The second-order valence-corrected chi connectivity index (χ2v) is 11.8. The van der Waals surface area contributed by atoms with Crippen molar-refractivity contribution in [3.63, 3.8) is 0 Å².